The smallest absolute Gasteiger partial charge is 0.118 e. The van der Waals surface area contributed by atoms with Gasteiger partial charge in [0.2, 0.25) is 0 Å². The van der Waals surface area contributed by atoms with Gasteiger partial charge >= 0.3 is 0 Å². The Kier molecular flexibility index (Phi) is 3.17. The van der Waals surface area contributed by atoms with Crippen LogP contribution in [0.3, 0.4) is 0 Å². The van der Waals surface area contributed by atoms with Crippen LogP contribution < -0.4 is 4.74 Å². The van der Waals surface area contributed by atoms with Crippen LogP contribution in [0.1, 0.15) is 5.69 Å². The van der Waals surface area contributed by atoms with E-state index < -0.39 is 0 Å². The first kappa shape index (κ1) is 10.6. The maximum absolute atomic E-state index is 9.19. The summed E-state index contributed by atoms with van der Waals surface area (Å²) >= 11 is 0. The third-order valence-electron chi connectivity index (χ3n) is 2.44. The number of aromatic nitrogens is 1. The van der Waals surface area contributed by atoms with Crippen LogP contribution in [0.5, 0.6) is 5.75 Å². The largest absolute Gasteiger partial charge is 0.497 e. The molecule has 3 nitrogen and oxygen atoms in total. The Morgan fingerprint density at radius 1 is 1.19 bits per heavy atom. The summed E-state index contributed by atoms with van der Waals surface area (Å²) in [5.74, 6) is 0.818. The minimum atomic E-state index is -0.0534. The third-order valence-corrected chi connectivity index (χ3v) is 2.44. The highest BCUT2D eigenvalue weighted by Gasteiger charge is 2.04. The van der Waals surface area contributed by atoms with Crippen LogP contribution in [0.4, 0.5) is 0 Å². The van der Waals surface area contributed by atoms with Crippen LogP contribution in [0.2, 0.25) is 0 Å². The number of hydrogen-bond donors (Lipinski definition) is 1. The van der Waals surface area contributed by atoms with Gasteiger partial charge in [0, 0.05) is 11.8 Å². The molecule has 0 saturated heterocycles. The molecule has 0 fully saturated rings. The first-order valence-corrected chi connectivity index (χ1v) is 5.04. The molecule has 0 aliphatic heterocycles. The second-order valence-electron chi connectivity index (χ2n) is 3.38. The van der Waals surface area contributed by atoms with E-state index in [1.807, 2.05) is 36.4 Å². The van der Waals surface area contributed by atoms with Crippen molar-refractivity contribution in [3.63, 3.8) is 0 Å². The van der Waals surface area contributed by atoms with Crippen LogP contribution in [-0.4, -0.2) is 17.2 Å². The van der Waals surface area contributed by atoms with Crippen LogP contribution >= 0.6 is 0 Å². The van der Waals surface area contributed by atoms with Crippen LogP contribution in [0.25, 0.3) is 11.1 Å². The van der Waals surface area contributed by atoms with Crippen molar-refractivity contribution in [3.8, 4) is 16.9 Å². The molecule has 0 bridgehead atoms. The number of aliphatic hydroxyl groups is 1. The maximum Gasteiger partial charge on any atom is 0.118 e. The molecule has 0 aliphatic carbocycles. The van der Waals surface area contributed by atoms with Gasteiger partial charge in [-0.05, 0) is 23.8 Å². The third kappa shape index (κ3) is 2.04. The topological polar surface area (TPSA) is 42.4 Å². The summed E-state index contributed by atoms with van der Waals surface area (Å²) in [7, 11) is 1.64. The fraction of sp³-hybridized carbons (Fsp3) is 0.154. The second kappa shape index (κ2) is 4.77. The van der Waals surface area contributed by atoms with E-state index in [1.165, 1.54) is 0 Å². The Morgan fingerprint density at radius 3 is 2.56 bits per heavy atom. The van der Waals surface area contributed by atoms with Gasteiger partial charge in [-0.1, -0.05) is 18.2 Å². The van der Waals surface area contributed by atoms with Crippen LogP contribution in [0.15, 0.2) is 42.6 Å². The molecule has 0 saturated carbocycles. The maximum atomic E-state index is 9.19. The van der Waals surface area contributed by atoms with Crippen molar-refractivity contribution in [1.82, 2.24) is 4.98 Å². The average Bonchev–Trinajstić information content (AvgIpc) is 2.39. The predicted octanol–water partition coefficient (Wildman–Crippen LogP) is 2.25. The number of rotatable bonds is 3. The predicted molar refractivity (Wildman–Crippen MR) is 62.1 cm³/mol. The summed E-state index contributed by atoms with van der Waals surface area (Å²) in [5.41, 5.74) is 2.67. The molecule has 2 rings (SSSR count). The zero-order valence-electron chi connectivity index (χ0n) is 9.05. The van der Waals surface area contributed by atoms with E-state index in [2.05, 4.69) is 4.98 Å². The van der Waals surface area contributed by atoms with Gasteiger partial charge in [-0.15, -0.1) is 0 Å². The number of nitrogens with zero attached hydrogens (tertiary/aromatic N) is 1. The molecule has 1 aromatic heterocycles. The van der Waals surface area contributed by atoms with E-state index in [0.717, 1.165) is 16.9 Å². The summed E-state index contributed by atoms with van der Waals surface area (Å²) in [6, 6.07) is 11.5. The molecule has 0 radical (unpaired) electrons. The fourth-order valence-corrected chi connectivity index (χ4v) is 1.60. The number of pyridine rings is 1. The zero-order valence-corrected chi connectivity index (χ0v) is 9.05. The fourth-order valence-electron chi connectivity index (χ4n) is 1.60. The van der Waals surface area contributed by atoms with Crippen molar-refractivity contribution in [1.29, 1.82) is 0 Å². The summed E-state index contributed by atoms with van der Waals surface area (Å²) in [4.78, 5) is 4.13. The minimum Gasteiger partial charge on any atom is -0.497 e. The van der Waals surface area contributed by atoms with Crippen LogP contribution in [0, 0.1) is 0 Å². The summed E-state index contributed by atoms with van der Waals surface area (Å²) < 4.78 is 5.10. The number of ether oxygens (including phenoxy) is 1. The Morgan fingerprint density at radius 2 is 1.94 bits per heavy atom. The number of benzene rings is 1. The average molecular weight is 215 g/mol. The molecule has 0 amide bonds. The Bertz CT molecular complexity index is 466. The highest BCUT2D eigenvalue weighted by Crippen LogP contribution is 2.24. The van der Waals surface area contributed by atoms with Crippen LogP contribution in [-0.2, 0) is 6.61 Å². The minimum absolute atomic E-state index is 0.0534. The van der Waals surface area contributed by atoms with Crippen molar-refractivity contribution in [2.75, 3.05) is 7.11 Å². The van der Waals surface area contributed by atoms with Gasteiger partial charge in [0.05, 0.1) is 19.4 Å². The standard InChI is InChI=1S/C13H13NO2/c1-16-11-6-4-10(5-7-11)12-3-2-8-14-13(12)9-15/h2-8,15H,9H2,1H3. The molecule has 1 heterocycles. The van der Waals surface area contributed by atoms with E-state index >= 15 is 0 Å². The first-order chi connectivity index (χ1) is 7.85. The molecule has 0 aliphatic rings. The first-order valence-electron chi connectivity index (χ1n) is 5.04. The highest BCUT2D eigenvalue weighted by molar-refractivity contribution is 5.66. The lowest BCUT2D eigenvalue weighted by molar-refractivity contribution is 0.277. The summed E-state index contributed by atoms with van der Waals surface area (Å²) in [6.45, 7) is -0.0534. The summed E-state index contributed by atoms with van der Waals surface area (Å²) in [6.07, 6.45) is 1.68. The van der Waals surface area contributed by atoms with Crippen molar-refractivity contribution in [2.24, 2.45) is 0 Å². The van der Waals surface area contributed by atoms with Gasteiger partial charge in [0.1, 0.15) is 5.75 Å². The van der Waals surface area contributed by atoms with Crippen molar-refractivity contribution in [2.45, 2.75) is 6.61 Å². The quantitative estimate of drug-likeness (QED) is 0.853. The Balaban J connectivity index is 2.42. The van der Waals surface area contributed by atoms with Gasteiger partial charge in [0.25, 0.3) is 0 Å². The van der Waals surface area contributed by atoms with E-state index in [-0.39, 0.29) is 6.61 Å². The van der Waals surface area contributed by atoms with Crippen molar-refractivity contribution < 1.29 is 9.84 Å². The number of hydrogen-bond acceptors (Lipinski definition) is 3. The lowest BCUT2D eigenvalue weighted by Crippen LogP contribution is -1.93. The normalized spacial score (nSPS) is 10.1. The highest BCUT2D eigenvalue weighted by atomic mass is 16.5. The Hall–Kier alpha value is -1.87. The number of aliphatic hydroxyl groups excluding tert-OH is 1. The van der Waals surface area contributed by atoms with E-state index in [4.69, 9.17) is 4.74 Å². The molecule has 3 heteroatoms. The Labute approximate surface area is 94.3 Å². The van der Waals surface area contributed by atoms with Gasteiger partial charge in [0.15, 0.2) is 0 Å². The molecule has 0 unspecified atom stereocenters. The van der Waals surface area contributed by atoms with E-state index in [0.29, 0.717) is 5.69 Å². The molecule has 0 atom stereocenters. The summed E-state index contributed by atoms with van der Waals surface area (Å²) in [5, 5.41) is 9.19. The molecule has 0 spiro atoms. The SMILES string of the molecule is COc1ccc(-c2cccnc2CO)cc1. The van der Waals surface area contributed by atoms with Crippen molar-refractivity contribution >= 4 is 0 Å². The van der Waals surface area contributed by atoms with Crippen molar-refractivity contribution in [3.05, 3.63) is 48.3 Å². The molecule has 16 heavy (non-hydrogen) atoms. The molecular weight excluding hydrogens is 202 g/mol. The van der Waals surface area contributed by atoms with Gasteiger partial charge in [-0.2, -0.15) is 0 Å². The number of methoxy groups -OCH3 is 1. The van der Waals surface area contributed by atoms with E-state index in [9.17, 15) is 5.11 Å². The lowest BCUT2D eigenvalue weighted by Gasteiger charge is -2.07. The van der Waals surface area contributed by atoms with Gasteiger partial charge in [-0.25, -0.2) is 0 Å². The molecular formula is C13H13NO2. The molecule has 1 N–H and O–H groups in total. The second-order valence-corrected chi connectivity index (χ2v) is 3.38. The monoisotopic (exact) mass is 215 g/mol. The van der Waals surface area contributed by atoms with E-state index in [1.54, 1.807) is 13.3 Å². The molecule has 2 aromatic rings. The van der Waals surface area contributed by atoms with Gasteiger partial charge in [-0.3, -0.25) is 4.98 Å². The zero-order chi connectivity index (χ0) is 11.4. The lowest BCUT2D eigenvalue weighted by atomic mass is 10.0. The molecule has 82 valence electrons. The van der Waals surface area contributed by atoms with Gasteiger partial charge < -0.3 is 9.84 Å². The molecule has 1 aromatic carbocycles.